The molecule has 0 fully saturated rings. The molecule has 1 N–H and O–H groups in total. The number of ether oxygens (including phenoxy) is 1. The van der Waals surface area contributed by atoms with E-state index in [4.69, 9.17) is 16.3 Å². The average molecular weight is 262 g/mol. The Hall–Kier alpha value is -0.580. The molecule has 1 aliphatic heterocycles. The maximum absolute atomic E-state index is 11.9. The van der Waals surface area contributed by atoms with Gasteiger partial charge in [0.2, 0.25) is 0 Å². The minimum absolute atomic E-state index is 0.0988. The van der Waals surface area contributed by atoms with Crippen LogP contribution in [0.25, 0.3) is 0 Å². The summed E-state index contributed by atoms with van der Waals surface area (Å²) in [4.78, 5) is 13.4. The molecular weight excluding hydrogens is 242 g/mol. The summed E-state index contributed by atoms with van der Waals surface area (Å²) in [6.07, 6.45) is 1.71. The van der Waals surface area contributed by atoms with E-state index in [-0.39, 0.29) is 12.0 Å². The first-order chi connectivity index (χ1) is 7.95. The second-order valence-electron chi connectivity index (χ2n) is 4.46. The second kappa shape index (κ2) is 6.38. The zero-order chi connectivity index (χ0) is 13.0. The molecular formula is C12H20ClNO3. The molecule has 1 amide bonds. The molecule has 3 atom stereocenters. The Bertz CT molecular complexity index is 304. The van der Waals surface area contributed by atoms with E-state index in [1.165, 1.54) is 4.90 Å². The van der Waals surface area contributed by atoms with Crippen LogP contribution in [0.2, 0.25) is 0 Å². The van der Waals surface area contributed by atoms with E-state index in [2.05, 4.69) is 0 Å². The summed E-state index contributed by atoms with van der Waals surface area (Å²) in [6, 6.07) is 0. The summed E-state index contributed by atoms with van der Waals surface area (Å²) >= 11 is 5.98. The molecule has 0 aromatic carbocycles. The highest BCUT2D eigenvalue weighted by Crippen LogP contribution is 2.23. The fourth-order valence-electron chi connectivity index (χ4n) is 1.82. The van der Waals surface area contributed by atoms with Crippen LogP contribution in [-0.4, -0.2) is 48.3 Å². The molecule has 1 rings (SSSR count). The van der Waals surface area contributed by atoms with Crippen molar-refractivity contribution in [2.45, 2.75) is 44.5 Å². The van der Waals surface area contributed by atoms with Gasteiger partial charge in [-0.1, -0.05) is 24.6 Å². The monoisotopic (exact) mass is 261 g/mol. The zero-order valence-electron chi connectivity index (χ0n) is 10.5. The molecule has 0 aromatic rings. The van der Waals surface area contributed by atoms with E-state index < -0.39 is 12.2 Å². The Morgan fingerprint density at radius 1 is 1.65 bits per heavy atom. The van der Waals surface area contributed by atoms with Crippen molar-refractivity contribution in [1.29, 1.82) is 0 Å². The van der Waals surface area contributed by atoms with Gasteiger partial charge in [-0.3, -0.25) is 4.79 Å². The largest absolute Gasteiger partial charge is 0.390 e. The van der Waals surface area contributed by atoms with Crippen molar-refractivity contribution < 1.29 is 14.6 Å². The van der Waals surface area contributed by atoms with E-state index >= 15 is 0 Å². The third kappa shape index (κ3) is 3.98. The molecule has 0 saturated heterocycles. The number of rotatable bonds is 2. The van der Waals surface area contributed by atoms with Crippen LogP contribution < -0.4 is 0 Å². The Balaban J connectivity index is 2.84. The lowest BCUT2D eigenvalue weighted by atomic mass is 10.0. The number of nitrogens with zero attached hydrogens (tertiary/aromatic N) is 1. The SMILES string of the molecule is CC[C@H]1O[C@@H](C(=O)N(C)C)C/C=C(/Cl)C[C@H]1O. The third-order valence-corrected chi connectivity index (χ3v) is 3.15. The highest BCUT2D eigenvalue weighted by Gasteiger charge is 2.29. The van der Waals surface area contributed by atoms with Gasteiger partial charge in [-0.05, 0) is 6.42 Å². The summed E-state index contributed by atoms with van der Waals surface area (Å²) in [7, 11) is 3.38. The molecule has 98 valence electrons. The molecule has 0 aliphatic carbocycles. The predicted molar refractivity (Wildman–Crippen MR) is 66.8 cm³/mol. The molecule has 1 aliphatic rings. The molecule has 4 nitrogen and oxygen atoms in total. The molecule has 0 bridgehead atoms. The lowest BCUT2D eigenvalue weighted by molar-refractivity contribution is -0.150. The minimum Gasteiger partial charge on any atom is -0.390 e. The molecule has 0 radical (unpaired) electrons. The summed E-state index contributed by atoms with van der Waals surface area (Å²) < 4.78 is 5.68. The van der Waals surface area contributed by atoms with Gasteiger partial charge in [0.1, 0.15) is 6.10 Å². The molecule has 0 aromatic heterocycles. The Kier molecular flexibility index (Phi) is 5.43. The van der Waals surface area contributed by atoms with Crippen molar-refractivity contribution in [3.8, 4) is 0 Å². The Labute approximate surface area is 107 Å². The van der Waals surface area contributed by atoms with Crippen LogP contribution in [0, 0.1) is 0 Å². The van der Waals surface area contributed by atoms with Crippen molar-refractivity contribution in [2.24, 2.45) is 0 Å². The molecule has 1 heterocycles. The number of amides is 1. The smallest absolute Gasteiger partial charge is 0.251 e. The van der Waals surface area contributed by atoms with E-state index in [0.29, 0.717) is 24.3 Å². The van der Waals surface area contributed by atoms with E-state index in [1.54, 1.807) is 20.2 Å². The standard InChI is InChI=1S/C12H20ClNO3/c1-4-10-9(15)7-8(13)5-6-11(17-10)12(16)14(2)3/h5,9-11,15H,4,6-7H2,1-3H3/b8-5+/t9-,10-,11-/m1/s1. The number of likely N-dealkylation sites (N-methyl/N-ethyl adjacent to an activating group) is 1. The number of carbonyl (C=O) groups is 1. The van der Waals surface area contributed by atoms with Gasteiger partial charge in [0.05, 0.1) is 12.2 Å². The van der Waals surface area contributed by atoms with Gasteiger partial charge in [0.15, 0.2) is 0 Å². The minimum atomic E-state index is -0.651. The third-order valence-electron chi connectivity index (χ3n) is 2.84. The number of aliphatic hydroxyl groups is 1. The van der Waals surface area contributed by atoms with Crippen LogP contribution in [0.3, 0.4) is 0 Å². The van der Waals surface area contributed by atoms with Crippen molar-refractivity contribution >= 4 is 17.5 Å². The highest BCUT2D eigenvalue weighted by atomic mass is 35.5. The first-order valence-corrected chi connectivity index (χ1v) is 6.22. The van der Waals surface area contributed by atoms with Gasteiger partial charge in [-0.25, -0.2) is 0 Å². The van der Waals surface area contributed by atoms with Gasteiger partial charge < -0.3 is 14.7 Å². The maximum Gasteiger partial charge on any atom is 0.251 e. The lowest BCUT2D eigenvalue weighted by Gasteiger charge is -2.29. The number of halogens is 1. The summed E-state index contributed by atoms with van der Waals surface area (Å²) in [5, 5.41) is 10.5. The van der Waals surface area contributed by atoms with Crippen LogP contribution >= 0.6 is 11.6 Å². The molecule has 5 heteroatoms. The van der Waals surface area contributed by atoms with Crippen LogP contribution in [-0.2, 0) is 9.53 Å². The zero-order valence-corrected chi connectivity index (χ0v) is 11.3. The van der Waals surface area contributed by atoms with Crippen molar-refractivity contribution in [3.05, 3.63) is 11.1 Å². The van der Waals surface area contributed by atoms with Gasteiger partial charge in [0, 0.05) is 32.0 Å². The number of hydrogen-bond acceptors (Lipinski definition) is 3. The van der Waals surface area contributed by atoms with E-state index in [0.717, 1.165) is 0 Å². The van der Waals surface area contributed by atoms with Crippen LogP contribution in [0.1, 0.15) is 26.2 Å². The number of hydrogen-bond donors (Lipinski definition) is 1. The van der Waals surface area contributed by atoms with E-state index in [9.17, 15) is 9.90 Å². The average Bonchev–Trinajstić information content (AvgIpc) is 2.26. The van der Waals surface area contributed by atoms with Crippen molar-refractivity contribution in [2.75, 3.05) is 14.1 Å². The fraction of sp³-hybridized carbons (Fsp3) is 0.750. The topological polar surface area (TPSA) is 49.8 Å². The lowest BCUT2D eigenvalue weighted by Crippen LogP contribution is -2.41. The summed E-state index contributed by atoms with van der Waals surface area (Å²) in [6.45, 7) is 1.92. The first-order valence-electron chi connectivity index (χ1n) is 5.85. The predicted octanol–water partition coefficient (Wildman–Crippen LogP) is 1.52. The molecule has 17 heavy (non-hydrogen) atoms. The van der Waals surface area contributed by atoms with Crippen molar-refractivity contribution in [3.63, 3.8) is 0 Å². The highest BCUT2D eigenvalue weighted by molar-refractivity contribution is 6.29. The van der Waals surface area contributed by atoms with E-state index in [1.807, 2.05) is 6.92 Å². The second-order valence-corrected chi connectivity index (χ2v) is 4.95. The fourth-order valence-corrected chi connectivity index (χ4v) is 2.07. The molecule has 0 saturated carbocycles. The summed E-state index contributed by atoms with van der Waals surface area (Å²) in [5.41, 5.74) is 0. The number of aliphatic hydroxyl groups excluding tert-OH is 1. The van der Waals surface area contributed by atoms with Crippen LogP contribution in [0.5, 0.6) is 0 Å². The van der Waals surface area contributed by atoms with Gasteiger partial charge in [0.25, 0.3) is 5.91 Å². The Morgan fingerprint density at radius 2 is 2.29 bits per heavy atom. The maximum atomic E-state index is 11.9. The number of carbonyl (C=O) groups excluding carboxylic acids is 1. The Morgan fingerprint density at radius 3 is 2.82 bits per heavy atom. The summed E-state index contributed by atoms with van der Waals surface area (Å²) in [5.74, 6) is -0.0988. The quantitative estimate of drug-likeness (QED) is 0.820. The molecule has 0 spiro atoms. The van der Waals surface area contributed by atoms with Gasteiger partial charge >= 0.3 is 0 Å². The van der Waals surface area contributed by atoms with Gasteiger partial charge in [-0.2, -0.15) is 0 Å². The normalized spacial score (nSPS) is 33.2. The molecule has 0 unspecified atom stereocenters. The van der Waals surface area contributed by atoms with Crippen LogP contribution in [0.15, 0.2) is 11.1 Å². The van der Waals surface area contributed by atoms with Gasteiger partial charge in [-0.15, -0.1) is 0 Å². The first kappa shape index (κ1) is 14.5. The van der Waals surface area contributed by atoms with Crippen LogP contribution in [0.4, 0.5) is 0 Å². The van der Waals surface area contributed by atoms with Crippen molar-refractivity contribution in [1.82, 2.24) is 4.90 Å².